The molecule has 2 saturated heterocycles. The van der Waals surface area contributed by atoms with Gasteiger partial charge in [-0.1, -0.05) is 13.8 Å². The van der Waals surface area contributed by atoms with Crippen LogP contribution in [0.4, 0.5) is 0 Å². The van der Waals surface area contributed by atoms with Crippen molar-refractivity contribution in [2.24, 2.45) is 23.7 Å². The number of fused-ring (bicyclic) bond motifs is 1. The van der Waals surface area contributed by atoms with Gasteiger partial charge in [-0.2, -0.15) is 0 Å². The fourth-order valence-electron chi connectivity index (χ4n) is 4.16. The molecule has 3 rings (SSSR count). The van der Waals surface area contributed by atoms with Crippen LogP contribution in [0.25, 0.3) is 0 Å². The summed E-state index contributed by atoms with van der Waals surface area (Å²) in [6.45, 7) is 9.49. The lowest BCUT2D eigenvalue weighted by Gasteiger charge is -2.36. The zero-order valence-electron chi connectivity index (χ0n) is 11.4. The van der Waals surface area contributed by atoms with Crippen molar-refractivity contribution in [1.29, 1.82) is 0 Å². The highest BCUT2D eigenvalue weighted by Gasteiger charge is 2.40. The highest BCUT2D eigenvalue weighted by atomic mass is 16.5. The van der Waals surface area contributed by atoms with E-state index in [1.807, 2.05) is 0 Å². The number of rotatable bonds is 2. The number of hydrogen-bond donors (Lipinski definition) is 0. The summed E-state index contributed by atoms with van der Waals surface area (Å²) in [6, 6.07) is 0.899. The highest BCUT2D eigenvalue weighted by Crippen LogP contribution is 2.37. The molecule has 2 aliphatic heterocycles. The Morgan fingerprint density at radius 3 is 2.06 bits per heavy atom. The molecule has 3 aliphatic rings. The second-order valence-electron chi connectivity index (χ2n) is 6.82. The van der Waals surface area contributed by atoms with Crippen LogP contribution in [0, 0.1) is 23.7 Å². The molecule has 0 aromatic rings. The Morgan fingerprint density at radius 1 is 0.941 bits per heavy atom. The molecule has 2 heteroatoms. The Bertz CT molecular complexity index is 246. The van der Waals surface area contributed by atoms with Gasteiger partial charge in [-0.25, -0.2) is 0 Å². The van der Waals surface area contributed by atoms with Gasteiger partial charge in [0.05, 0.1) is 13.2 Å². The number of ether oxygens (including phenoxy) is 1. The molecular formula is C15H27NO. The monoisotopic (exact) mass is 237 g/mol. The molecule has 0 N–H and O–H groups in total. The van der Waals surface area contributed by atoms with E-state index in [1.165, 1.54) is 38.8 Å². The minimum Gasteiger partial charge on any atom is -0.381 e. The van der Waals surface area contributed by atoms with Crippen molar-refractivity contribution in [3.63, 3.8) is 0 Å². The van der Waals surface area contributed by atoms with Gasteiger partial charge in [0, 0.05) is 31.0 Å². The van der Waals surface area contributed by atoms with Gasteiger partial charge in [0.2, 0.25) is 0 Å². The summed E-state index contributed by atoms with van der Waals surface area (Å²) in [5, 5.41) is 0. The summed E-state index contributed by atoms with van der Waals surface area (Å²) in [6.07, 6.45) is 5.82. The van der Waals surface area contributed by atoms with Crippen LogP contribution >= 0.6 is 0 Å². The van der Waals surface area contributed by atoms with Crippen molar-refractivity contribution in [2.45, 2.75) is 45.6 Å². The minimum absolute atomic E-state index is 0.859. The molecule has 2 atom stereocenters. The van der Waals surface area contributed by atoms with Crippen LogP contribution in [0.2, 0.25) is 0 Å². The van der Waals surface area contributed by atoms with Crippen molar-refractivity contribution in [2.75, 3.05) is 26.3 Å². The third-order valence-electron chi connectivity index (χ3n) is 5.47. The molecule has 3 fully saturated rings. The summed E-state index contributed by atoms with van der Waals surface area (Å²) in [5.74, 6) is 3.61. The Morgan fingerprint density at radius 2 is 1.53 bits per heavy atom. The van der Waals surface area contributed by atoms with E-state index in [0.717, 1.165) is 42.9 Å². The standard InChI is InChI=1S/C15H27NO/c1-11(2)12-3-5-15(6-4-12)16-7-13-9-17-10-14(13)8-16/h11-15H,3-10H2,1-2H3. The lowest BCUT2D eigenvalue weighted by molar-refractivity contribution is 0.109. The van der Waals surface area contributed by atoms with E-state index < -0.39 is 0 Å². The first kappa shape index (κ1) is 12.0. The maximum Gasteiger partial charge on any atom is 0.0510 e. The molecule has 0 aromatic heterocycles. The van der Waals surface area contributed by atoms with Gasteiger partial charge >= 0.3 is 0 Å². The van der Waals surface area contributed by atoms with E-state index in [2.05, 4.69) is 18.7 Å². The van der Waals surface area contributed by atoms with Crippen molar-refractivity contribution >= 4 is 0 Å². The van der Waals surface area contributed by atoms with Crippen LogP contribution in [-0.4, -0.2) is 37.2 Å². The van der Waals surface area contributed by atoms with Gasteiger partial charge in [0.25, 0.3) is 0 Å². The zero-order chi connectivity index (χ0) is 11.8. The number of hydrogen-bond acceptors (Lipinski definition) is 2. The maximum atomic E-state index is 5.57. The lowest BCUT2D eigenvalue weighted by atomic mass is 9.79. The molecule has 0 spiro atoms. The largest absolute Gasteiger partial charge is 0.381 e. The Hall–Kier alpha value is -0.0800. The number of likely N-dealkylation sites (tertiary alicyclic amines) is 1. The first-order valence-corrected chi connectivity index (χ1v) is 7.56. The second-order valence-corrected chi connectivity index (χ2v) is 6.82. The molecule has 2 nitrogen and oxygen atoms in total. The molecule has 1 aliphatic carbocycles. The third kappa shape index (κ3) is 2.39. The Labute approximate surface area is 106 Å². The SMILES string of the molecule is CC(C)C1CCC(N2CC3COCC3C2)CC1. The first-order valence-electron chi connectivity index (χ1n) is 7.56. The average Bonchev–Trinajstić information content (AvgIpc) is 2.89. The molecule has 0 aromatic carbocycles. The summed E-state index contributed by atoms with van der Waals surface area (Å²) >= 11 is 0. The first-order chi connectivity index (χ1) is 8.24. The van der Waals surface area contributed by atoms with Crippen molar-refractivity contribution in [1.82, 2.24) is 4.90 Å². The van der Waals surface area contributed by atoms with Crippen LogP contribution in [-0.2, 0) is 4.74 Å². The van der Waals surface area contributed by atoms with E-state index in [9.17, 15) is 0 Å². The maximum absolute atomic E-state index is 5.57. The molecule has 0 amide bonds. The van der Waals surface area contributed by atoms with Gasteiger partial charge in [-0.05, 0) is 37.5 Å². The summed E-state index contributed by atoms with van der Waals surface area (Å²) in [5.41, 5.74) is 0. The van der Waals surface area contributed by atoms with Crippen LogP contribution in [0.15, 0.2) is 0 Å². The third-order valence-corrected chi connectivity index (χ3v) is 5.47. The lowest BCUT2D eigenvalue weighted by Crippen LogP contribution is -2.38. The van der Waals surface area contributed by atoms with Crippen LogP contribution in [0.5, 0.6) is 0 Å². The van der Waals surface area contributed by atoms with E-state index in [4.69, 9.17) is 4.74 Å². The van der Waals surface area contributed by atoms with Gasteiger partial charge in [-0.3, -0.25) is 4.90 Å². The fourth-order valence-corrected chi connectivity index (χ4v) is 4.16. The van der Waals surface area contributed by atoms with Gasteiger partial charge in [0.15, 0.2) is 0 Å². The van der Waals surface area contributed by atoms with E-state index in [-0.39, 0.29) is 0 Å². The molecule has 1 saturated carbocycles. The van der Waals surface area contributed by atoms with E-state index in [1.54, 1.807) is 0 Å². The molecule has 2 heterocycles. The van der Waals surface area contributed by atoms with Crippen LogP contribution < -0.4 is 0 Å². The smallest absolute Gasteiger partial charge is 0.0510 e. The van der Waals surface area contributed by atoms with Crippen LogP contribution in [0.3, 0.4) is 0 Å². The van der Waals surface area contributed by atoms with Crippen molar-refractivity contribution < 1.29 is 4.74 Å². The van der Waals surface area contributed by atoms with Crippen molar-refractivity contribution in [3.8, 4) is 0 Å². The van der Waals surface area contributed by atoms with Crippen LogP contribution in [0.1, 0.15) is 39.5 Å². The van der Waals surface area contributed by atoms with E-state index in [0.29, 0.717) is 0 Å². The Kier molecular flexibility index (Phi) is 3.45. The Balaban J connectivity index is 1.51. The topological polar surface area (TPSA) is 12.5 Å². The molecule has 2 unspecified atom stereocenters. The average molecular weight is 237 g/mol. The molecular weight excluding hydrogens is 210 g/mol. The van der Waals surface area contributed by atoms with Gasteiger partial charge in [-0.15, -0.1) is 0 Å². The van der Waals surface area contributed by atoms with E-state index >= 15 is 0 Å². The zero-order valence-corrected chi connectivity index (χ0v) is 11.4. The molecule has 17 heavy (non-hydrogen) atoms. The minimum atomic E-state index is 0.859. The predicted octanol–water partition coefficient (Wildman–Crippen LogP) is 2.78. The second kappa shape index (κ2) is 4.89. The summed E-state index contributed by atoms with van der Waals surface area (Å²) in [7, 11) is 0. The van der Waals surface area contributed by atoms with Crippen molar-refractivity contribution in [3.05, 3.63) is 0 Å². The quantitative estimate of drug-likeness (QED) is 0.732. The molecule has 98 valence electrons. The number of nitrogens with zero attached hydrogens (tertiary/aromatic N) is 1. The summed E-state index contributed by atoms with van der Waals surface area (Å²) < 4.78 is 5.57. The van der Waals surface area contributed by atoms with Gasteiger partial charge in [0.1, 0.15) is 0 Å². The fraction of sp³-hybridized carbons (Fsp3) is 1.00. The predicted molar refractivity (Wildman–Crippen MR) is 70.0 cm³/mol. The highest BCUT2D eigenvalue weighted by molar-refractivity contribution is 4.92. The molecule has 0 bridgehead atoms. The molecule has 0 radical (unpaired) electrons. The normalized spacial score (nSPS) is 43.2. The summed E-state index contributed by atoms with van der Waals surface area (Å²) in [4.78, 5) is 2.79. The van der Waals surface area contributed by atoms with Gasteiger partial charge < -0.3 is 4.74 Å².